The van der Waals surface area contributed by atoms with Gasteiger partial charge in [0.25, 0.3) is 0 Å². The minimum Gasteiger partial charge on any atom is -0.382 e. The standard InChI is InChI=1S/C23H25N2O3PS/c26-30(27,28-23-15-8-3-9-16-23)20-10-19-29-24(21-11-4-1-5-12-21)17-18-25(29)22-13-6-2-7-14-22/h1-9,11-16H,10,17-20H2. The third-order valence-corrected chi connectivity index (χ3v) is 8.84. The molecule has 156 valence electrons. The molecule has 30 heavy (non-hydrogen) atoms. The highest BCUT2D eigenvalue weighted by Crippen LogP contribution is 2.53. The van der Waals surface area contributed by atoms with E-state index in [9.17, 15) is 8.42 Å². The Morgan fingerprint density at radius 2 is 1.20 bits per heavy atom. The smallest absolute Gasteiger partial charge is 0.309 e. The average molecular weight is 441 g/mol. The summed E-state index contributed by atoms with van der Waals surface area (Å²) in [5.74, 6) is 0.368. The van der Waals surface area contributed by atoms with Crippen molar-refractivity contribution in [2.75, 3.05) is 34.3 Å². The van der Waals surface area contributed by atoms with Gasteiger partial charge in [0, 0.05) is 30.6 Å². The molecule has 0 aromatic heterocycles. The van der Waals surface area contributed by atoms with Crippen LogP contribution in [0.4, 0.5) is 11.4 Å². The van der Waals surface area contributed by atoms with E-state index in [-0.39, 0.29) is 5.75 Å². The maximum Gasteiger partial charge on any atom is 0.309 e. The molecule has 0 unspecified atom stereocenters. The highest BCUT2D eigenvalue weighted by Gasteiger charge is 2.32. The lowest BCUT2D eigenvalue weighted by molar-refractivity contribution is 0.485. The fourth-order valence-electron chi connectivity index (χ4n) is 3.56. The minimum absolute atomic E-state index is 0.00594. The molecule has 0 radical (unpaired) electrons. The Bertz CT molecular complexity index is 986. The van der Waals surface area contributed by atoms with Gasteiger partial charge in [0.15, 0.2) is 0 Å². The summed E-state index contributed by atoms with van der Waals surface area (Å²) in [5.41, 5.74) is 2.37. The SMILES string of the molecule is O=S(=O)(CCCP1N(c2ccccc2)CCN1c1ccccc1)Oc1ccccc1. The zero-order valence-electron chi connectivity index (χ0n) is 16.7. The van der Waals surface area contributed by atoms with Gasteiger partial charge in [0.2, 0.25) is 0 Å². The maximum atomic E-state index is 12.4. The summed E-state index contributed by atoms with van der Waals surface area (Å²) in [7, 11) is -4.31. The van der Waals surface area contributed by atoms with Gasteiger partial charge in [-0.2, -0.15) is 8.42 Å². The summed E-state index contributed by atoms with van der Waals surface area (Å²) in [4.78, 5) is 0. The number of hydrogen-bond acceptors (Lipinski definition) is 5. The molecule has 4 rings (SSSR count). The molecule has 0 spiro atoms. The van der Waals surface area contributed by atoms with Crippen molar-refractivity contribution in [3.05, 3.63) is 91.0 Å². The van der Waals surface area contributed by atoms with E-state index in [1.54, 1.807) is 24.3 Å². The van der Waals surface area contributed by atoms with Crippen LogP contribution in [0.1, 0.15) is 6.42 Å². The van der Waals surface area contributed by atoms with Crippen molar-refractivity contribution in [1.82, 2.24) is 0 Å². The quantitative estimate of drug-likeness (QED) is 0.359. The second-order valence-electron chi connectivity index (χ2n) is 7.03. The highest BCUT2D eigenvalue weighted by atomic mass is 32.2. The van der Waals surface area contributed by atoms with Gasteiger partial charge in [-0.25, -0.2) is 0 Å². The van der Waals surface area contributed by atoms with Crippen LogP contribution < -0.4 is 13.5 Å². The molecule has 3 aromatic rings. The molecule has 0 bridgehead atoms. The predicted molar refractivity (Wildman–Crippen MR) is 125 cm³/mol. The van der Waals surface area contributed by atoms with Gasteiger partial charge >= 0.3 is 10.1 Å². The van der Waals surface area contributed by atoms with E-state index in [1.807, 2.05) is 42.5 Å². The topological polar surface area (TPSA) is 49.9 Å². The molecule has 3 aromatic carbocycles. The lowest BCUT2D eigenvalue weighted by Crippen LogP contribution is -2.20. The van der Waals surface area contributed by atoms with Crippen molar-refractivity contribution in [3.8, 4) is 5.75 Å². The highest BCUT2D eigenvalue weighted by molar-refractivity contribution is 7.87. The molecule has 5 nitrogen and oxygen atoms in total. The average Bonchev–Trinajstić information content (AvgIpc) is 3.19. The first-order chi connectivity index (χ1) is 14.6. The Balaban J connectivity index is 1.46. The maximum absolute atomic E-state index is 12.4. The van der Waals surface area contributed by atoms with E-state index >= 15 is 0 Å². The molecule has 0 aliphatic carbocycles. The van der Waals surface area contributed by atoms with Crippen molar-refractivity contribution in [1.29, 1.82) is 0 Å². The molecule has 0 N–H and O–H groups in total. The zero-order valence-corrected chi connectivity index (χ0v) is 18.4. The van der Waals surface area contributed by atoms with E-state index in [2.05, 4.69) is 33.6 Å². The molecular weight excluding hydrogens is 415 g/mol. The third-order valence-electron chi connectivity index (χ3n) is 4.91. The summed E-state index contributed by atoms with van der Waals surface area (Å²) in [6.45, 7) is 1.86. The predicted octanol–water partition coefficient (Wildman–Crippen LogP) is 5.12. The van der Waals surface area contributed by atoms with E-state index in [1.165, 1.54) is 11.4 Å². The summed E-state index contributed by atoms with van der Waals surface area (Å²) in [6.07, 6.45) is 1.34. The van der Waals surface area contributed by atoms with E-state index < -0.39 is 18.3 Å². The van der Waals surface area contributed by atoms with Gasteiger partial charge in [0.05, 0.1) is 14.0 Å². The molecule has 1 fully saturated rings. The van der Waals surface area contributed by atoms with Gasteiger partial charge < -0.3 is 13.5 Å². The molecule has 0 amide bonds. The lowest BCUT2D eigenvalue weighted by Gasteiger charge is -2.32. The van der Waals surface area contributed by atoms with Crippen molar-refractivity contribution < 1.29 is 12.6 Å². The number of para-hydroxylation sites is 3. The second-order valence-corrected chi connectivity index (χ2v) is 10.9. The number of hydrogen-bond donors (Lipinski definition) is 0. The fourth-order valence-corrected chi connectivity index (χ4v) is 7.39. The molecule has 7 heteroatoms. The molecular formula is C23H25N2O3PS. The van der Waals surface area contributed by atoms with Crippen molar-refractivity contribution in [2.24, 2.45) is 0 Å². The second kappa shape index (κ2) is 9.50. The first-order valence-corrected chi connectivity index (χ1v) is 13.0. The first-order valence-electron chi connectivity index (χ1n) is 10.0. The van der Waals surface area contributed by atoms with E-state index in [4.69, 9.17) is 4.18 Å². The Labute approximate surface area is 179 Å². The number of anilines is 2. The Morgan fingerprint density at radius 3 is 1.70 bits per heavy atom. The molecule has 0 atom stereocenters. The lowest BCUT2D eigenvalue weighted by atomic mass is 10.3. The van der Waals surface area contributed by atoms with E-state index in [0.717, 1.165) is 19.3 Å². The Hall–Kier alpha value is -2.56. The minimum atomic E-state index is -3.62. The third kappa shape index (κ3) is 5.13. The van der Waals surface area contributed by atoms with Crippen LogP contribution in [-0.4, -0.2) is 33.4 Å². The van der Waals surface area contributed by atoms with Gasteiger partial charge in [-0.15, -0.1) is 0 Å². The van der Waals surface area contributed by atoms with Gasteiger partial charge in [0.1, 0.15) is 5.75 Å². The Morgan fingerprint density at radius 1 is 0.733 bits per heavy atom. The molecule has 1 aliphatic heterocycles. The van der Waals surface area contributed by atoms with Crippen LogP contribution in [0.2, 0.25) is 0 Å². The molecule has 1 heterocycles. The summed E-state index contributed by atoms with van der Waals surface area (Å²) in [5, 5.41) is 0. The summed E-state index contributed by atoms with van der Waals surface area (Å²) in [6, 6.07) is 29.4. The van der Waals surface area contributed by atoms with Crippen molar-refractivity contribution >= 4 is 29.7 Å². The van der Waals surface area contributed by atoms with Gasteiger partial charge in [-0.1, -0.05) is 54.6 Å². The van der Waals surface area contributed by atoms with Gasteiger partial charge in [-0.05, 0) is 42.8 Å². The van der Waals surface area contributed by atoms with Crippen LogP contribution in [0.5, 0.6) is 5.75 Å². The van der Waals surface area contributed by atoms with Crippen LogP contribution in [0.3, 0.4) is 0 Å². The van der Waals surface area contributed by atoms with Crippen LogP contribution in [-0.2, 0) is 10.1 Å². The summed E-state index contributed by atoms with van der Waals surface area (Å²) < 4.78 is 35.0. The van der Waals surface area contributed by atoms with Crippen molar-refractivity contribution in [3.63, 3.8) is 0 Å². The van der Waals surface area contributed by atoms with Crippen molar-refractivity contribution in [2.45, 2.75) is 6.42 Å². The van der Waals surface area contributed by atoms with Crippen LogP contribution in [0.15, 0.2) is 91.0 Å². The van der Waals surface area contributed by atoms with Gasteiger partial charge in [-0.3, -0.25) is 0 Å². The molecule has 1 aliphatic rings. The first kappa shape index (κ1) is 20.7. The number of rotatable bonds is 8. The monoisotopic (exact) mass is 440 g/mol. The van der Waals surface area contributed by atoms with Crippen LogP contribution >= 0.6 is 8.22 Å². The normalized spacial score (nSPS) is 14.8. The number of nitrogens with zero attached hydrogens (tertiary/aromatic N) is 2. The summed E-state index contributed by atoms with van der Waals surface area (Å²) >= 11 is 0. The molecule has 0 saturated carbocycles. The van der Waals surface area contributed by atoms with Crippen LogP contribution in [0.25, 0.3) is 0 Å². The zero-order chi connectivity index (χ0) is 20.8. The fraction of sp³-hybridized carbons (Fsp3) is 0.217. The van der Waals surface area contributed by atoms with E-state index in [0.29, 0.717) is 12.2 Å². The van der Waals surface area contributed by atoms with Crippen LogP contribution in [0, 0.1) is 0 Å². The molecule has 1 saturated heterocycles. The largest absolute Gasteiger partial charge is 0.382 e. The Kier molecular flexibility index (Phi) is 6.56. The number of benzene rings is 3.